The Morgan fingerprint density at radius 1 is 0.696 bits per heavy atom. The Hall–Kier alpha value is -5.82. The summed E-state index contributed by atoms with van der Waals surface area (Å²) >= 11 is 2.64. The summed E-state index contributed by atoms with van der Waals surface area (Å²) in [5, 5.41) is 34.5. The number of nitrogens with zero attached hydrogens (tertiary/aromatic N) is 6. The van der Waals surface area contributed by atoms with Gasteiger partial charge < -0.3 is 10.0 Å². The lowest BCUT2D eigenvalue weighted by Crippen LogP contribution is -2.29. The number of hydrogen-bond acceptors (Lipinski definition) is 8. The molecule has 0 amide bonds. The number of fused-ring (bicyclic) bond motifs is 2. The molecular formula is C38H30BBrF6N6O4. The minimum absolute atomic E-state index is 0.0227. The predicted octanol–water partition coefficient (Wildman–Crippen LogP) is 6.75. The quantitative estimate of drug-likeness (QED) is 0.138. The first-order chi connectivity index (χ1) is 26.3. The van der Waals surface area contributed by atoms with E-state index < -0.39 is 52.0 Å². The van der Waals surface area contributed by atoms with E-state index in [9.17, 15) is 35.9 Å². The SMILES string of the molecule is Cc1ccn2c(=O)c(-c3ccc(CCC#N)cc3)c(C(F)(F)F)nc2c1.Cc1ccn2c(=O)c(Br)c(C(F)(F)F)nc2c1.N#CCCc1ccc(B(O)O)cc1. The number of rotatable bonds is 6. The Morgan fingerprint density at radius 2 is 1.12 bits per heavy atom. The molecule has 0 saturated heterocycles. The smallest absolute Gasteiger partial charge is 0.423 e. The van der Waals surface area contributed by atoms with Crippen LogP contribution >= 0.6 is 15.9 Å². The number of aromatic nitrogens is 4. The van der Waals surface area contributed by atoms with Crippen LogP contribution in [0, 0.1) is 36.5 Å². The molecule has 6 aromatic rings. The lowest BCUT2D eigenvalue weighted by molar-refractivity contribution is -0.142. The third-order valence-corrected chi connectivity index (χ3v) is 8.74. The van der Waals surface area contributed by atoms with E-state index >= 15 is 0 Å². The normalized spacial score (nSPS) is 11.2. The summed E-state index contributed by atoms with van der Waals surface area (Å²) in [6.45, 7) is 3.43. The molecule has 0 aliphatic heterocycles. The van der Waals surface area contributed by atoms with Gasteiger partial charge in [-0.15, -0.1) is 0 Å². The van der Waals surface area contributed by atoms with E-state index in [-0.39, 0.29) is 16.9 Å². The monoisotopic (exact) mass is 838 g/mol. The summed E-state index contributed by atoms with van der Waals surface area (Å²) < 4.78 is 80.1. The van der Waals surface area contributed by atoms with Gasteiger partial charge in [0.15, 0.2) is 11.4 Å². The van der Waals surface area contributed by atoms with Crippen molar-refractivity contribution in [3.63, 3.8) is 0 Å². The standard InChI is InChI=1S/C19H14F3N3O.C10H6BrF3N2O.C9H10BNO2/c1-12-8-10-25-15(11-12)24-17(19(20,21)22)16(18(25)26)14-6-4-13(5-7-14)3-2-9-23;1-5-2-3-16-6(4-5)15-8(10(12,13)14)7(11)9(16)17;11-7-1-2-8-3-5-9(6-4-8)10(12)13/h4-8,10-11H,2-3H2,1H3;2-4H,1H3;3-6,12-13H,1-2H2. The van der Waals surface area contributed by atoms with Crippen molar-refractivity contribution < 1.29 is 36.4 Å². The van der Waals surface area contributed by atoms with Crippen LogP contribution in [0.15, 0.2) is 99.3 Å². The first kappa shape index (κ1) is 42.9. The second kappa shape index (κ2) is 18.2. The summed E-state index contributed by atoms with van der Waals surface area (Å²) in [7, 11) is -1.41. The Kier molecular flexibility index (Phi) is 14.0. The average Bonchev–Trinajstić information content (AvgIpc) is 3.14. The minimum atomic E-state index is -4.76. The second-order valence-corrected chi connectivity index (χ2v) is 13.0. The van der Waals surface area contributed by atoms with Crippen LogP contribution in [-0.2, 0) is 25.2 Å². The maximum absolute atomic E-state index is 13.5. The zero-order chi connectivity index (χ0) is 41.4. The lowest BCUT2D eigenvalue weighted by Gasteiger charge is -2.14. The molecule has 0 unspecified atom stereocenters. The molecule has 0 atom stereocenters. The molecule has 288 valence electrons. The first-order valence-electron chi connectivity index (χ1n) is 16.5. The van der Waals surface area contributed by atoms with E-state index in [4.69, 9.17) is 20.6 Å². The molecule has 0 fully saturated rings. The molecule has 56 heavy (non-hydrogen) atoms. The Labute approximate surface area is 323 Å². The Morgan fingerprint density at radius 3 is 1.55 bits per heavy atom. The molecule has 0 bridgehead atoms. The fourth-order valence-corrected chi connectivity index (χ4v) is 5.71. The first-order valence-corrected chi connectivity index (χ1v) is 17.3. The third kappa shape index (κ3) is 10.7. The highest BCUT2D eigenvalue weighted by molar-refractivity contribution is 9.10. The van der Waals surface area contributed by atoms with Gasteiger partial charge in [-0.3, -0.25) is 18.4 Å². The van der Waals surface area contributed by atoms with Gasteiger partial charge in [-0.1, -0.05) is 48.5 Å². The van der Waals surface area contributed by atoms with Crippen molar-refractivity contribution in [2.45, 2.75) is 51.9 Å². The Bertz CT molecular complexity index is 2550. The highest BCUT2D eigenvalue weighted by atomic mass is 79.9. The van der Waals surface area contributed by atoms with Crippen LogP contribution < -0.4 is 16.6 Å². The van der Waals surface area contributed by atoms with Crippen LogP contribution in [0.2, 0.25) is 0 Å². The fraction of sp³-hybridized carbons (Fsp3) is 0.211. The summed E-state index contributed by atoms with van der Waals surface area (Å²) in [6, 6.07) is 23.2. The maximum Gasteiger partial charge on any atom is 0.488 e. The Balaban J connectivity index is 0.000000200. The lowest BCUT2D eigenvalue weighted by atomic mass is 9.80. The fourth-order valence-electron chi connectivity index (χ4n) is 5.21. The summed E-state index contributed by atoms with van der Waals surface area (Å²) in [4.78, 5) is 31.6. The number of pyridine rings is 2. The van der Waals surface area contributed by atoms with Crippen molar-refractivity contribution in [1.29, 1.82) is 10.5 Å². The van der Waals surface area contributed by atoms with Crippen molar-refractivity contribution in [3.05, 3.63) is 144 Å². The van der Waals surface area contributed by atoms with Crippen LogP contribution in [0.1, 0.15) is 46.5 Å². The van der Waals surface area contributed by atoms with Crippen molar-refractivity contribution in [2.75, 3.05) is 0 Å². The van der Waals surface area contributed by atoms with E-state index in [1.165, 1.54) is 36.7 Å². The average molecular weight is 839 g/mol. The van der Waals surface area contributed by atoms with Crippen molar-refractivity contribution in [2.24, 2.45) is 0 Å². The molecule has 2 aromatic carbocycles. The van der Waals surface area contributed by atoms with Crippen LogP contribution in [0.25, 0.3) is 22.4 Å². The number of alkyl halides is 6. The van der Waals surface area contributed by atoms with E-state index in [1.54, 1.807) is 62.4 Å². The molecule has 0 saturated carbocycles. The molecule has 0 spiro atoms. The van der Waals surface area contributed by atoms with Gasteiger partial charge in [0.2, 0.25) is 0 Å². The number of aryl methyl sites for hydroxylation is 4. The van der Waals surface area contributed by atoms with Crippen LogP contribution in [0.3, 0.4) is 0 Å². The second-order valence-electron chi connectivity index (χ2n) is 12.2. The summed E-state index contributed by atoms with van der Waals surface area (Å²) in [5.41, 5.74) is -0.592. The highest BCUT2D eigenvalue weighted by Gasteiger charge is 2.38. The summed E-state index contributed by atoms with van der Waals surface area (Å²) in [6.07, 6.45) is -4.60. The van der Waals surface area contributed by atoms with Gasteiger partial charge in [-0.25, -0.2) is 9.97 Å². The largest absolute Gasteiger partial charge is 0.488 e. The number of halogens is 7. The molecule has 4 heterocycles. The van der Waals surface area contributed by atoms with Gasteiger partial charge in [0.05, 0.1) is 17.7 Å². The molecule has 10 nitrogen and oxygen atoms in total. The molecule has 18 heteroatoms. The van der Waals surface area contributed by atoms with Gasteiger partial charge >= 0.3 is 19.5 Å². The molecule has 0 radical (unpaired) electrons. The molecule has 4 aromatic heterocycles. The zero-order valence-corrected chi connectivity index (χ0v) is 31.1. The van der Waals surface area contributed by atoms with Crippen LogP contribution in [0.5, 0.6) is 0 Å². The predicted molar refractivity (Wildman–Crippen MR) is 200 cm³/mol. The van der Waals surface area contributed by atoms with E-state index in [0.29, 0.717) is 36.7 Å². The van der Waals surface area contributed by atoms with Gasteiger partial charge in [0, 0.05) is 25.2 Å². The van der Waals surface area contributed by atoms with Gasteiger partial charge in [0.25, 0.3) is 11.1 Å². The van der Waals surface area contributed by atoms with Crippen LogP contribution in [-0.4, -0.2) is 35.9 Å². The van der Waals surface area contributed by atoms with Crippen LogP contribution in [0.4, 0.5) is 26.3 Å². The summed E-state index contributed by atoms with van der Waals surface area (Å²) in [5.74, 6) is 0. The van der Waals surface area contributed by atoms with Crippen molar-refractivity contribution in [3.8, 4) is 23.3 Å². The maximum atomic E-state index is 13.5. The number of nitriles is 2. The van der Waals surface area contributed by atoms with E-state index in [0.717, 1.165) is 25.5 Å². The molecule has 2 N–H and O–H groups in total. The van der Waals surface area contributed by atoms with E-state index in [2.05, 4.69) is 32.0 Å². The minimum Gasteiger partial charge on any atom is -0.423 e. The highest BCUT2D eigenvalue weighted by Crippen LogP contribution is 2.35. The molecule has 0 aliphatic carbocycles. The molecule has 0 aliphatic rings. The van der Waals surface area contributed by atoms with Gasteiger partial charge in [-0.2, -0.15) is 36.9 Å². The molecule has 6 rings (SSSR count). The van der Waals surface area contributed by atoms with Gasteiger partial charge in [0.1, 0.15) is 15.8 Å². The van der Waals surface area contributed by atoms with Crippen molar-refractivity contribution >= 4 is 39.8 Å². The molecular weight excluding hydrogens is 809 g/mol. The number of benzene rings is 2. The van der Waals surface area contributed by atoms with Gasteiger partial charge in [-0.05, 0) is 100 Å². The topological polar surface area (TPSA) is 157 Å². The van der Waals surface area contributed by atoms with E-state index in [1.807, 2.05) is 6.07 Å². The van der Waals surface area contributed by atoms with Crippen molar-refractivity contribution in [1.82, 2.24) is 18.8 Å². The third-order valence-electron chi connectivity index (χ3n) is 8.03. The zero-order valence-electron chi connectivity index (χ0n) is 29.5. The number of hydrogen-bond donors (Lipinski definition) is 2.